The number of rotatable bonds is 13. The topological polar surface area (TPSA) is 218 Å². The van der Waals surface area contributed by atoms with E-state index in [9.17, 15) is 9.59 Å². The normalized spacial score (nSPS) is 20.5. The highest BCUT2D eigenvalue weighted by Gasteiger charge is 2.40. The summed E-state index contributed by atoms with van der Waals surface area (Å²) in [6, 6.07) is 16.4. The molecule has 2 amide bonds. The zero-order chi connectivity index (χ0) is 49.6. The Morgan fingerprint density at radius 3 is 1.82 bits per heavy atom. The van der Waals surface area contributed by atoms with Crippen LogP contribution in [0.1, 0.15) is 44.7 Å². The maximum Gasteiger partial charge on any atom is 0.254 e. The van der Waals surface area contributed by atoms with Crippen molar-refractivity contribution >= 4 is 68.5 Å². The molecule has 0 spiro atoms. The van der Waals surface area contributed by atoms with E-state index in [2.05, 4.69) is 51.3 Å². The Kier molecular flexibility index (Phi) is 10.6. The number of carbonyl (C=O) groups excluding carboxylic acids is 2. The quantitative estimate of drug-likeness (QED) is 0.0841. The van der Waals surface area contributed by atoms with Gasteiger partial charge < -0.3 is 60.3 Å². The average molecular weight is 991 g/mol. The lowest BCUT2D eigenvalue weighted by molar-refractivity contribution is 0.0958. The number of carbonyl (C=O) groups is 2. The van der Waals surface area contributed by atoms with Crippen LogP contribution >= 0.6 is 0 Å². The number of nitrogens with one attached hydrogen (secondary N) is 6. The van der Waals surface area contributed by atoms with Crippen LogP contribution in [0.25, 0.3) is 44.6 Å². The predicted octanol–water partition coefficient (Wildman–Crippen LogP) is 5.49. The van der Waals surface area contributed by atoms with E-state index in [0.717, 1.165) is 114 Å². The molecular formula is C54H54N16O4. The van der Waals surface area contributed by atoms with E-state index in [-0.39, 0.29) is 11.8 Å². The number of ether oxygens (including phenoxy) is 2. The molecule has 374 valence electrons. The molecule has 6 N–H and O–H groups in total. The zero-order valence-corrected chi connectivity index (χ0v) is 41.0. The van der Waals surface area contributed by atoms with Crippen molar-refractivity contribution in [2.24, 2.45) is 18.9 Å². The van der Waals surface area contributed by atoms with Gasteiger partial charge in [0.2, 0.25) is 0 Å². The van der Waals surface area contributed by atoms with Gasteiger partial charge in [-0.3, -0.25) is 19.6 Å². The molecule has 0 bridgehead atoms. The van der Waals surface area contributed by atoms with Gasteiger partial charge in [-0.15, -0.1) is 0 Å². The number of anilines is 6. The van der Waals surface area contributed by atoms with E-state index < -0.39 is 0 Å². The fourth-order valence-corrected chi connectivity index (χ4v) is 12.4. The average Bonchev–Trinajstić information content (AvgIpc) is 4.30. The summed E-state index contributed by atoms with van der Waals surface area (Å²) in [7, 11) is 3.62. The Balaban J connectivity index is 0.732. The van der Waals surface area contributed by atoms with Gasteiger partial charge in [-0.25, -0.2) is 19.9 Å². The van der Waals surface area contributed by atoms with Crippen molar-refractivity contribution < 1.29 is 19.1 Å². The number of aryl methyl sites for hydroxylation is 1. The smallest absolute Gasteiger partial charge is 0.254 e. The van der Waals surface area contributed by atoms with Crippen LogP contribution in [0.5, 0.6) is 11.5 Å². The first-order valence-corrected chi connectivity index (χ1v) is 25.5. The third-order valence-electron chi connectivity index (χ3n) is 16.0. The molecule has 4 atom stereocenters. The summed E-state index contributed by atoms with van der Waals surface area (Å²) in [4.78, 5) is 61.4. The second kappa shape index (κ2) is 17.7. The highest BCUT2D eigenvalue weighted by Crippen LogP contribution is 2.41. The molecule has 4 fully saturated rings. The lowest BCUT2D eigenvalue weighted by Crippen LogP contribution is -2.34. The van der Waals surface area contributed by atoms with Crippen molar-refractivity contribution in [1.82, 2.24) is 60.3 Å². The Morgan fingerprint density at radius 1 is 0.662 bits per heavy atom. The lowest BCUT2D eigenvalue weighted by Gasteiger charge is -2.26. The van der Waals surface area contributed by atoms with Crippen molar-refractivity contribution in [1.29, 1.82) is 0 Å². The third kappa shape index (κ3) is 7.40. The molecule has 0 saturated carbocycles. The van der Waals surface area contributed by atoms with Crippen LogP contribution < -0.4 is 51.2 Å². The summed E-state index contributed by atoms with van der Waals surface area (Å²) < 4.78 is 16.4. The molecule has 0 unspecified atom stereocenters. The molecule has 4 saturated heterocycles. The van der Waals surface area contributed by atoms with E-state index in [4.69, 9.17) is 34.4 Å². The van der Waals surface area contributed by atoms with Crippen LogP contribution in [0.3, 0.4) is 0 Å². The van der Waals surface area contributed by atoms with Gasteiger partial charge in [0.25, 0.3) is 11.8 Å². The van der Waals surface area contributed by atoms with Crippen molar-refractivity contribution in [2.45, 2.75) is 44.6 Å². The van der Waals surface area contributed by atoms with Gasteiger partial charge in [0, 0.05) is 154 Å². The van der Waals surface area contributed by atoms with Gasteiger partial charge >= 0.3 is 0 Å². The number of hydrogen-bond donors (Lipinski definition) is 6. The van der Waals surface area contributed by atoms with Gasteiger partial charge in [0.05, 0.1) is 59.9 Å². The Morgan fingerprint density at radius 2 is 1.22 bits per heavy atom. The summed E-state index contributed by atoms with van der Waals surface area (Å²) in [6.45, 7) is 7.21. The van der Waals surface area contributed by atoms with E-state index in [1.54, 1.807) is 31.9 Å². The predicted molar refractivity (Wildman–Crippen MR) is 281 cm³/mol. The fourth-order valence-electron chi connectivity index (χ4n) is 12.4. The Labute approximate surface area is 425 Å². The van der Waals surface area contributed by atoms with E-state index >= 15 is 0 Å². The second-order valence-corrected chi connectivity index (χ2v) is 20.1. The molecule has 0 radical (unpaired) electrons. The number of pyridine rings is 6. The van der Waals surface area contributed by atoms with Gasteiger partial charge in [-0.2, -0.15) is 0 Å². The minimum atomic E-state index is -0.172. The summed E-state index contributed by atoms with van der Waals surface area (Å²) in [5.74, 6) is 4.95. The molecule has 14 heterocycles. The van der Waals surface area contributed by atoms with E-state index in [0.29, 0.717) is 101 Å². The highest BCUT2D eigenvalue weighted by molar-refractivity contribution is 6.08. The van der Waals surface area contributed by atoms with Gasteiger partial charge in [0.1, 0.15) is 52.7 Å². The van der Waals surface area contributed by atoms with Crippen LogP contribution in [0, 0.1) is 11.8 Å². The Hall–Kier alpha value is -8.36. The molecule has 8 aromatic rings. The molecule has 6 aliphatic rings. The van der Waals surface area contributed by atoms with Crippen molar-refractivity contribution in [3.8, 4) is 34.0 Å². The maximum absolute atomic E-state index is 13.6. The number of methoxy groups -OCH3 is 1. The van der Waals surface area contributed by atoms with Gasteiger partial charge in [-0.05, 0) is 48.9 Å². The van der Waals surface area contributed by atoms with Crippen LogP contribution in [0.15, 0.2) is 85.7 Å². The maximum atomic E-state index is 13.6. The minimum absolute atomic E-state index is 0.167. The van der Waals surface area contributed by atoms with E-state index in [1.807, 2.05) is 72.5 Å². The lowest BCUT2D eigenvalue weighted by atomic mass is 10.0. The number of hydrogen-bond acceptors (Lipinski definition) is 16. The van der Waals surface area contributed by atoms with Crippen molar-refractivity contribution in [3.63, 3.8) is 0 Å². The molecule has 6 aliphatic heterocycles. The van der Waals surface area contributed by atoms with Crippen molar-refractivity contribution in [3.05, 3.63) is 108 Å². The fraction of sp³-hybridized carbons (Fsp3) is 0.333. The SMILES string of the molecule is COc1cc(Nc2cnc(-c3ccnc4c3ccn4CCOc3cc(Nc4cnc(-c5ccnc6c5ccn6C)c5c4C(=O)NC5)nc(N4CC[C@@H]5CNC[C@@H]54)c3)c3c2C(=O)NC3)nc(N2CC[C@H]3CNC[C@H]32)c1. The third-order valence-corrected chi connectivity index (χ3v) is 16.0. The summed E-state index contributed by atoms with van der Waals surface area (Å²) in [6.07, 6.45) is 13.2. The molecule has 8 aromatic heterocycles. The molecule has 0 aromatic carbocycles. The number of fused-ring (bicyclic) bond motifs is 6. The molecule has 20 nitrogen and oxygen atoms in total. The molecule has 0 aliphatic carbocycles. The number of amides is 2. The van der Waals surface area contributed by atoms with Crippen molar-refractivity contribution in [2.75, 3.05) is 73.4 Å². The Bertz CT molecular complexity index is 3590. The first-order chi connectivity index (χ1) is 36.3. The van der Waals surface area contributed by atoms with Crippen LogP contribution in [-0.2, 0) is 26.7 Å². The van der Waals surface area contributed by atoms with Crippen LogP contribution in [0.2, 0.25) is 0 Å². The summed E-state index contributed by atoms with van der Waals surface area (Å²) in [5, 5.41) is 22.0. The monoisotopic (exact) mass is 990 g/mol. The van der Waals surface area contributed by atoms with E-state index in [1.165, 1.54) is 0 Å². The molecule has 20 heteroatoms. The van der Waals surface area contributed by atoms with Gasteiger partial charge in [-0.1, -0.05) is 0 Å². The van der Waals surface area contributed by atoms with Gasteiger partial charge in [0.15, 0.2) is 0 Å². The molecule has 74 heavy (non-hydrogen) atoms. The highest BCUT2D eigenvalue weighted by atomic mass is 16.5. The number of aromatic nitrogens is 8. The number of nitrogens with zero attached hydrogens (tertiary/aromatic N) is 10. The minimum Gasteiger partial charge on any atom is -0.496 e. The largest absolute Gasteiger partial charge is 0.496 e. The second-order valence-electron chi connectivity index (χ2n) is 20.1. The van der Waals surface area contributed by atoms with Crippen LogP contribution in [0.4, 0.5) is 34.6 Å². The first kappa shape index (κ1) is 44.3. The zero-order valence-electron chi connectivity index (χ0n) is 41.0. The standard InChI is InChI=1S/C54H54N16O4/c1-67-11-7-35-33(3-9-57-51(35)67)49-37-23-61-53(71)47(37)40(26-59-49)64-44-18-32(20-46(66-44)70-14-6-30-22-56-28-42(30)70)74-16-15-68-12-8-36-34(4-10-58-52(36)68)50-38-24-62-54(72)48(38)39(25-60-50)63-43-17-31(73-2)19-45(65-43)69-13-5-29-21-55-27-41(29)69/h3-4,7-12,17-20,25-26,29-30,41-42,55-56H,5-6,13-16,21-24,27-28H2,1-2H3,(H,61,71)(H,62,72)(H,63,65)(H,64,66)/t29-,30+,41+,42-/m0/s1. The first-order valence-electron chi connectivity index (χ1n) is 25.5. The molecular weight excluding hydrogens is 937 g/mol. The summed E-state index contributed by atoms with van der Waals surface area (Å²) in [5.41, 5.74) is 8.75. The molecule has 14 rings (SSSR count). The van der Waals surface area contributed by atoms with Crippen LogP contribution in [-0.4, -0.2) is 116 Å². The summed E-state index contributed by atoms with van der Waals surface area (Å²) >= 11 is 0.